The van der Waals surface area contributed by atoms with Crippen molar-refractivity contribution in [2.45, 2.75) is 18.8 Å². The second-order valence-electron chi connectivity index (χ2n) is 4.98. The van der Waals surface area contributed by atoms with Crippen LogP contribution in [0.15, 0.2) is 48.5 Å². The highest BCUT2D eigenvalue weighted by atomic mass is 35.5. The second kappa shape index (κ2) is 6.64. The molecule has 0 fully saturated rings. The number of phenolic OH excluding ortho intramolecular Hbond substituents is 1. The normalized spacial score (nSPS) is 12.0. The summed E-state index contributed by atoms with van der Waals surface area (Å²) in [6.07, 6.45) is 0. The number of aromatic hydroxyl groups is 1. The molecule has 0 saturated heterocycles. The Morgan fingerprint density at radius 2 is 1.95 bits per heavy atom. The van der Waals surface area contributed by atoms with Gasteiger partial charge in [0.15, 0.2) is 0 Å². The molecular formula is C17H18ClNO2. The topological polar surface area (TPSA) is 40.5 Å². The van der Waals surface area contributed by atoms with Gasteiger partial charge in [0, 0.05) is 24.1 Å². The maximum absolute atomic E-state index is 12.5. The largest absolute Gasteiger partial charge is 0.508 e. The first kappa shape index (κ1) is 15.4. The number of rotatable bonds is 4. The van der Waals surface area contributed by atoms with Gasteiger partial charge in [-0.15, -0.1) is 11.6 Å². The average molecular weight is 304 g/mol. The van der Waals surface area contributed by atoms with Crippen molar-refractivity contribution in [3.8, 4) is 5.75 Å². The van der Waals surface area contributed by atoms with E-state index in [9.17, 15) is 9.90 Å². The van der Waals surface area contributed by atoms with Crippen LogP contribution in [0.5, 0.6) is 5.75 Å². The maximum atomic E-state index is 12.5. The summed E-state index contributed by atoms with van der Waals surface area (Å²) in [7, 11) is 1.73. The molecule has 1 unspecified atom stereocenters. The van der Waals surface area contributed by atoms with Gasteiger partial charge in [0.25, 0.3) is 5.91 Å². The summed E-state index contributed by atoms with van der Waals surface area (Å²) >= 11 is 5.80. The van der Waals surface area contributed by atoms with Crippen LogP contribution in [-0.4, -0.2) is 23.0 Å². The van der Waals surface area contributed by atoms with Crippen LogP contribution in [0.1, 0.15) is 34.5 Å². The molecule has 2 aromatic rings. The van der Waals surface area contributed by atoms with E-state index in [-0.39, 0.29) is 17.7 Å². The molecule has 0 aliphatic rings. The zero-order chi connectivity index (χ0) is 15.4. The van der Waals surface area contributed by atoms with Crippen LogP contribution in [0.4, 0.5) is 0 Å². The van der Waals surface area contributed by atoms with Crippen LogP contribution in [0, 0.1) is 0 Å². The van der Waals surface area contributed by atoms with E-state index in [4.69, 9.17) is 11.6 Å². The molecule has 4 heteroatoms. The van der Waals surface area contributed by atoms with Gasteiger partial charge in [0.2, 0.25) is 0 Å². The lowest BCUT2D eigenvalue weighted by molar-refractivity contribution is 0.0741. The summed E-state index contributed by atoms with van der Waals surface area (Å²) in [5.74, 6) is 0.469. The fourth-order valence-electron chi connectivity index (χ4n) is 2.22. The molecule has 2 aromatic carbocycles. The Bertz CT molecular complexity index is 642. The maximum Gasteiger partial charge on any atom is 0.254 e. The second-order valence-corrected chi connectivity index (χ2v) is 5.25. The third-order valence-corrected chi connectivity index (χ3v) is 3.92. The Kier molecular flexibility index (Phi) is 4.86. The van der Waals surface area contributed by atoms with Crippen molar-refractivity contribution in [2.24, 2.45) is 0 Å². The fraction of sp³-hybridized carbons (Fsp3) is 0.235. The molecule has 0 bridgehead atoms. The summed E-state index contributed by atoms with van der Waals surface area (Å²) < 4.78 is 0. The summed E-state index contributed by atoms with van der Waals surface area (Å²) in [5, 5.41) is 9.91. The summed E-state index contributed by atoms with van der Waals surface area (Å²) in [5.41, 5.74) is 2.23. The van der Waals surface area contributed by atoms with Crippen LogP contribution in [0.25, 0.3) is 0 Å². The van der Waals surface area contributed by atoms with Crippen LogP contribution < -0.4 is 0 Å². The number of halogens is 1. The van der Waals surface area contributed by atoms with Gasteiger partial charge < -0.3 is 10.0 Å². The first-order valence-electron chi connectivity index (χ1n) is 6.74. The van der Waals surface area contributed by atoms with Crippen LogP contribution in [0.3, 0.4) is 0 Å². The number of hydrogen-bond acceptors (Lipinski definition) is 2. The standard InChI is InChI=1S/C17H18ClNO2/c1-12(15-8-3-4-9-16(15)20)19(2)17(21)14-7-5-6-13(10-14)11-18/h3-10,12,20H,11H2,1-2H3. The molecule has 0 saturated carbocycles. The number of carbonyl (C=O) groups is 1. The zero-order valence-corrected chi connectivity index (χ0v) is 12.8. The lowest BCUT2D eigenvalue weighted by atomic mass is 10.0. The summed E-state index contributed by atoms with van der Waals surface area (Å²) in [6, 6.07) is 14.1. The molecule has 0 radical (unpaired) electrons. The van der Waals surface area contributed by atoms with Crippen molar-refractivity contribution < 1.29 is 9.90 Å². The number of benzene rings is 2. The lowest BCUT2D eigenvalue weighted by Crippen LogP contribution is -2.29. The SMILES string of the molecule is CC(c1ccccc1O)N(C)C(=O)c1cccc(CCl)c1. The molecular weight excluding hydrogens is 286 g/mol. The highest BCUT2D eigenvalue weighted by Gasteiger charge is 2.20. The Hall–Kier alpha value is -2.00. The van der Waals surface area contributed by atoms with Gasteiger partial charge in [-0.25, -0.2) is 0 Å². The minimum Gasteiger partial charge on any atom is -0.508 e. The highest BCUT2D eigenvalue weighted by molar-refractivity contribution is 6.17. The monoisotopic (exact) mass is 303 g/mol. The van der Waals surface area contributed by atoms with Gasteiger partial charge in [-0.1, -0.05) is 30.3 Å². The molecule has 0 aliphatic heterocycles. The molecule has 0 heterocycles. The van der Waals surface area contributed by atoms with Crippen LogP contribution in [0.2, 0.25) is 0 Å². The van der Waals surface area contributed by atoms with Crippen LogP contribution >= 0.6 is 11.6 Å². The van der Waals surface area contributed by atoms with Crippen molar-refractivity contribution in [2.75, 3.05) is 7.05 Å². The Morgan fingerprint density at radius 1 is 1.24 bits per heavy atom. The first-order chi connectivity index (χ1) is 10.0. The third kappa shape index (κ3) is 3.37. The van der Waals surface area contributed by atoms with Crippen molar-refractivity contribution >= 4 is 17.5 Å². The predicted octanol–water partition coefficient (Wildman–Crippen LogP) is 3.96. The van der Waals surface area contributed by atoms with E-state index in [1.54, 1.807) is 36.2 Å². The van der Waals surface area contributed by atoms with Crippen molar-refractivity contribution in [3.05, 3.63) is 65.2 Å². The molecule has 0 aliphatic carbocycles. The molecule has 1 N–H and O–H groups in total. The van der Waals surface area contributed by atoms with Gasteiger partial charge in [0.1, 0.15) is 5.75 Å². The van der Waals surface area contributed by atoms with Crippen molar-refractivity contribution in [1.82, 2.24) is 4.90 Å². The van der Waals surface area contributed by atoms with E-state index in [1.807, 2.05) is 31.2 Å². The van der Waals surface area contributed by atoms with E-state index in [0.717, 1.165) is 11.1 Å². The number of carbonyl (C=O) groups excluding carboxylic acids is 1. The van der Waals surface area contributed by atoms with E-state index >= 15 is 0 Å². The lowest BCUT2D eigenvalue weighted by Gasteiger charge is -2.26. The smallest absolute Gasteiger partial charge is 0.254 e. The van der Waals surface area contributed by atoms with E-state index in [1.165, 1.54) is 0 Å². The van der Waals surface area contributed by atoms with E-state index in [0.29, 0.717) is 11.4 Å². The van der Waals surface area contributed by atoms with Gasteiger partial charge in [-0.2, -0.15) is 0 Å². The summed E-state index contributed by atoms with van der Waals surface area (Å²) in [6.45, 7) is 1.89. The van der Waals surface area contributed by atoms with Crippen LogP contribution in [-0.2, 0) is 5.88 Å². The average Bonchev–Trinajstić information content (AvgIpc) is 2.53. The van der Waals surface area contributed by atoms with Gasteiger partial charge in [-0.05, 0) is 30.7 Å². The molecule has 3 nitrogen and oxygen atoms in total. The molecule has 1 atom stereocenters. The number of para-hydroxylation sites is 1. The third-order valence-electron chi connectivity index (χ3n) is 3.62. The molecule has 0 spiro atoms. The summed E-state index contributed by atoms with van der Waals surface area (Å²) in [4.78, 5) is 14.2. The number of nitrogens with zero attached hydrogens (tertiary/aromatic N) is 1. The molecule has 0 aromatic heterocycles. The van der Waals surface area contributed by atoms with E-state index in [2.05, 4.69) is 0 Å². The Balaban J connectivity index is 2.24. The van der Waals surface area contributed by atoms with E-state index < -0.39 is 0 Å². The van der Waals surface area contributed by atoms with Gasteiger partial charge >= 0.3 is 0 Å². The van der Waals surface area contributed by atoms with Crippen molar-refractivity contribution in [1.29, 1.82) is 0 Å². The van der Waals surface area contributed by atoms with Gasteiger partial charge in [-0.3, -0.25) is 4.79 Å². The Morgan fingerprint density at radius 3 is 2.62 bits per heavy atom. The number of alkyl halides is 1. The Labute approximate surface area is 129 Å². The molecule has 21 heavy (non-hydrogen) atoms. The predicted molar refractivity (Wildman–Crippen MR) is 84.6 cm³/mol. The first-order valence-corrected chi connectivity index (χ1v) is 7.28. The molecule has 2 rings (SSSR count). The minimum absolute atomic E-state index is 0.0993. The zero-order valence-electron chi connectivity index (χ0n) is 12.1. The van der Waals surface area contributed by atoms with Crippen molar-refractivity contribution in [3.63, 3.8) is 0 Å². The number of phenols is 1. The quantitative estimate of drug-likeness (QED) is 0.868. The highest BCUT2D eigenvalue weighted by Crippen LogP contribution is 2.28. The number of hydrogen-bond donors (Lipinski definition) is 1. The van der Waals surface area contributed by atoms with Gasteiger partial charge in [0.05, 0.1) is 6.04 Å². The molecule has 1 amide bonds. The number of amides is 1. The fourth-order valence-corrected chi connectivity index (χ4v) is 2.38. The minimum atomic E-state index is -0.224. The molecule has 110 valence electrons.